The van der Waals surface area contributed by atoms with Crippen LogP contribution in [-0.2, 0) is 22.0 Å². The second-order valence-electron chi connectivity index (χ2n) is 4.56. The smallest absolute Gasteiger partial charge is 0.304 e. The Morgan fingerprint density at radius 2 is 2.24 bits per heavy atom. The van der Waals surface area contributed by atoms with E-state index in [1.165, 1.54) is 11.1 Å². The fraction of sp³-hybridized carbons (Fsp3) is 0.462. The normalized spacial score (nSPS) is 21.1. The van der Waals surface area contributed by atoms with Gasteiger partial charge in [0.2, 0.25) is 0 Å². The molecule has 1 aliphatic carbocycles. The molecule has 0 amide bonds. The average molecular weight is 252 g/mol. The van der Waals surface area contributed by atoms with Crippen LogP contribution in [-0.4, -0.2) is 26.3 Å². The number of carboxylic acids is 1. The number of hydrogen-bond acceptors (Lipinski definition) is 2. The highest BCUT2D eigenvalue weighted by Gasteiger charge is 2.28. The molecule has 0 bridgehead atoms. The molecule has 17 heavy (non-hydrogen) atoms. The summed E-state index contributed by atoms with van der Waals surface area (Å²) in [6.45, 7) is 1.74. The van der Waals surface area contributed by atoms with Crippen molar-refractivity contribution in [2.24, 2.45) is 0 Å². The lowest BCUT2D eigenvalue weighted by Gasteiger charge is -2.30. The van der Waals surface area contributed by atoms with E-state index in [0.717, 1.165) is 6.42 Å². The highest BCUT2D eigenvalue weighted by molar-refractivity contribution is 7.85. The van der Waals surface area contributed by atoms with Crippen LogP contribution in [0.5, 0.6) is 0 Å². The summed E-state index contributed by atoms with van der Waals surface area (Å²) >= 11 is 0. The Morgan fingerprint density at radius 3 is 2.88 bits per heavy atom. The molecule has 0 aromatic heterocycles. The molecule has 1 aromatic rings. The van der Waals surface area contributed by atoms with Crippen molar-refractivity contribution in [3.63, 3.8) is 0 Å². The Labute approximate surface area is 103 Å². The molecular weight excluding hydrogens is 236 g/mol. The van der Waals surface area contributed by atoms with Gasteiger partial charge in [0.1, 0.15) is 0 Å². The number of benzene rings is 1. The Morgan fingerprint density at radius 1 is 1.53 bits per heavy atom. The van der Waals surface area contributed by atoms with Gasteiger partial charge in [0.25, 0.3) is 0 Å². The predicted octanol–water partition coefficient (Wildman–Crippen LogP) is 1.94. The Kier molecular flexibility index (Phi) is 3.62. The summed E-state index contributed by atoms with van der Waals surface area (Å²) in [5.41, 5.74) is 2.61. The van der Waals surface area contributed by atoms with Crippen molar-refractivity contribution in [3.8, 4) is 0 Å². The van der Waals surface area contributed by atoms with Gasteiger partial charge in [0, 0.05) is 21.8 Å². The molecular formula is C13H16O3S. The van der Waals surface area contributed by atoms with Gasteiger partial charge in [-0.05, 0) is 23.5 Å². The Balaban J connectivity index is 1.92. The van der Waals surface area contributed by atoms with Crippen molar-refractivity contribution in [2.45, 2.75) is 30.9 Å². The fourth-order valence-corrected chi connectivity index (χ4v) is 3.56. The molecule has 2 rings (SSSR count). The Bertz CT molecular complexity index is 456. The van der Waals surface area contributed by atoms with Crippen LogP contribution in [0.15, 0.2) is 24.3 Å². The van der Waals surface area contributed by atoms with Crippen LogP contribution in [0.4, 0.5) is 0 Å². The fourth-order valence-electron chi connectivity index (χ4n) is 2.21. The van der Waals surface area contributed by atoms with Crippen LogP contribution in [0, 0.1) is 0 Å². The minimum atomic E-state index is -1.05. The zero-order valence-electron chi connectivity index (χ0n) is 9.76. The lowest BCUT2D eigenvalue weighted by Crippen LogP contribution is -2.27. The molecule has 0 aliphatic heterocycles. The molecule has 92 valence electrons. The summed E-state index contributed by atoms with van der Waals surface area (Å²) in [5.74, 6) is 0.0639. The molecule has 0 radical (unpaired) electrons. The number of aliphatic carboxylic acids is 1. The van der Waals surface area contributed by atoms with Crippen LogP contribution in [0.3, 0.4) is 0 Å². The lowest BCUT2D eigenvalue weighted by atomic mass is 9.79. The third-order valence-electron chi connectivity index (χ3n) is 3.24. The van der Waals surface area contributed by atoms with Gasteiger partial charge >= 0.3 is 5.97 Å². The second kappa shape index (κ2) is 5.00. The molecule has 1 N–H and O–H groups in total. The first-order valence-corrected chi connectivity index (χ1v) is 7.13. The van der Waals surface area contributed by atoms with Crippen molar-refractivity contribution < 1.29 is 14.1 Å². The molecule has 0 spiro atoms. The maximum Gasteiger partial charge on any atom is 0.304 e. The molecule has 1 aliphatic rings. The minimum Gasteiger partial charge on any atom is -0.481 e. The molecule has 0 saturated heterocycles. The minimum absolute atomic E-state index is 0.0129. The molecule has 0 saturated carbocycles. The molecule has 0 heterocycles. The van der Waals surface area contributed by atoms with Crippen LogP contribution < -0.4 is 0 Å². The zero-order valence-corrected chi connectivity index (χ0v) is 10.6. The largest absolute Gasteiger partial charge is 0.481 e. The van der Waals surface area contributed by atoms with Gasteiger partial charge < -0.3 is 5.11 Å². The van der Waals surface area contributed by atoms with Gasteiger partial charge in [-0.3, -0.25) is 9.00 Å². The maximum absolute atomic E-state index is 11.9. The quantitative estimate of drug-likeness (QED) is 0.871. The van der Waals surface area contributed by atoms with Gasteiger partial charge in [-0.1, -0.05) is 31.2 Å². The standard InChI is InChI=1S/C13H16O3S/c1-9(6-13(14)15)17(16)8-11-7-10-4-2-3-5-12(10)11/h2-5,9,11H,6-8H2,1H3,(H,14,15). The van der Waals surface area contributed by atoms with Gasteiger partial charge in [-0.15, -0.1) is 0 Å². The highest BCUT2D eigenvalue weighted by atomic mass is 32.2. The van der Waals surface area contributed by atoms with E-state index >= 15 is 0 Å². The van der Waals surface area contributed by atoms with Crippen molar-refractivity contribution in [1.29, 1.82) is 0 Å². The summed E-state index contributed by atoms with van der Waals surface area (Å²) in [4.78, 5) is 10.5. The summed E-state index contributed by atoms with van der Waals surface area (Å²) < 4.78 is 11.9. The third-order valence-corrected chi connectivity index (χ3v) is 5.03. The molecule has 4 heteroatoms. The summed E-state index contributed by atoms with van der Waals surface area (Å²) in [6.07, 6.45) is 0.961. The van der Waals surface area contributed by atoms with Crippen molar-refractivity contribution >= 4 is 16.8 Å². The SMILES string of the molecule is CC(CC(=O)O)S(=O)CC1Cc2ccccc21. The number of fused-ring (bicyclic) bond motifs is 1. The van der Waals surface area contributed by atoms with E-state index in [1.807, 2.05) is 12.1 Å². The number of hydrogen-bond donors (Lipinski definition) is 1. The van der Waals surface area contributed by atoms with Crippen molar-refractivity contribution in [2.75, 3.05) is 5.75 Å². The van der Waals surface area contributed by atoms with Crippen molar-refractivity contribution in [3.05, 3.63) is 35.4 Å². The zero-order chi connectivity index (χ0) is 12.4. The molecule has 0 fully saturated rings. The lowest BCUT2D eigenvalue weighted by molar-refractivity contribution is -0.136. The van der Waals surface area contributed by atoms with Gasteiger partial charge in [0.05, 0.1) is 6.42 Å². The first-order valence-electron chi connectivity index (χ1n) is 5.74. The first kappa shape index (κ1) is 12.3. The van der Waals surface area contributed by atoms with Crippen molar-refractivity contribution in [1.82, 2.24) is 0 Å². The predicted molar refractivity (Wildman–Crippen MR) is 67.6 cm³/mol. The monoisotopic (exact) mass is 252 g/mol. The molecule has 3 nitrogen and oxygen atoms in total. The van der Waals surface area contributed by atoms with E-state index in [1.54, 1.807) is 6.92 Å². The van der Waals surface area contributed by atoms with E-state index in [9.17, 15) is 9.00 Å². The van der Waals surface area contributed by atoms with Gasteiger partial charge in [-0.25, -0.2) is 0 Å². The average Bonchev–Trinajstić information content (AvgIpc) is 2.24. The topological polar surface area (TPSA) is 54.4 Å². The van der Waals surface area contributed by atoms with E-state index in [4.69, 9.17) is 5.11 Å². The second-order valence-corrected chi connectivity index (χ2v) is 6.46. The summed E-state index contributed by atoms with van der Waals surface area (Å²) in [7, 11) is -1.05. The summed E-state index contributed by atoms with van der Waals surface area (Å²) in [6, 6.07) is 8.17. The van der Waals surface area contributed by atoms with Crippen LogP contribution in [0.1, 0.15) is 30.4 Å². The molecule has 1 aromatic carbocycles. The van der Waals surface area contributed by atoms with E-state index in [0.29, 0.717) is 11.7 Å². The Hall–Kier alpha value is -1.16. The van der Waals surface area contributed by atoms with Crippen LogP contribution in [0.25, 0.3) is 0 Å². The van der Waals surface area contributed by atoms with Crippen LogP contribution in [0.2, 0.25) is 0 Å². The van der Waals surface area contributed by atoms with E-state index < -0.39 is 16.8 Å². The van der Waals surface area contributed by atoms with Crippen LogP contribution >= 0.6 is 0 Å². The molecule has 3 atom stereocenters. The summed E-state index contributed by atoms with van der Waals surface area (Å²) in [5, 5.41) is 8.40. The van der Waals surface area contributed by atoms with Gasteiger partial charge in [0.15, 0.2) is 0 Å². The third kappa shape index (κ3) is 2.75. The van der Waals surface area contributed by atoms with Gasteiger partial charge in [-0.2, -0.15) is 0 Å². The van der Waals surface area contributed by atoms with E-state index in [2.05, 4.69) is 12.1 Å². The molecule has 3 unspecified atom stereocenters. The number of carbonyl (C=O) groups is 1. The maximum atomic E-state index is 11.9. The highest BCUT2D eigenvalue weighted by Crippen LogP contribution is 2.35. The van der Waals surface area contributed by atoms with E-state index in [-0.39, 0.29) is 11.7 Å². The number of carboxylic acid groups (broad SMARTS) is 1. The number of rotatable bonds is 5. The first-order chi connectivity index (χ1) is 8.08.